The fraction of sp³-hybridized carbons (Fsp3) is 0.936. The molecule has 9 heteroatoms. The summed E-state index contributed by atoms with van der Waals surface area (Å²) < 4.78 is 23.2. The number of allylic oxidation sites excluding steroid dienone is 1. The normalized spacial score (nSPS) is 14.3. The standard InChI is InChI=1S/C47H95N2O6P/c1-6-8-10-12-14-16-18-20-22-23-24-25-27-29-31-33-35-37-39-41-47(51)48-45(44-55-56(52,53)54-43-42-49(3,4)5)46(50)40-38-36-34-32-30-28-26-21-19-17-15-13-11-9-7-2/h38,40,45-46,50H,6-37,39,41-44H2,1-5H3,(H-,48,51,52,53)/b40-38+. The first-order chi connectivity index (χ1) is 27.0. The monoisotopic (exact) mass is 815 g/mol. The molecule has 3 unspecified atom stereocenters. The number of hydrogen-bond donors (Lipinski definition) is 2. The molecule has 1 amide bonds. The van der Waals surface area contributed by atoms with Crippen LogP contribution in [0.4, 0.5) is 0 Å². The highest BCUT2D eigenvalue weighted by Gasteiger charge is 2.23. The van der Waals surface area contributed by atoms with E-state index in [-0.39, 0.29) is 19.1 Å². The highest BCUT2D eigenvalue weighted by Crippen LogP contribution is 2.38. The molecule has 0 aromatic rings. The van der Waals surface area contributed by atoms with Gasteiger partial charge >= 0.3 is 0 Å². The maximum atomic E-state index is 12.9. The minimum Gasteiger partial charge on any atom is -0.756 e. The molecule has 334 valence electrons. The number of quaternary nitrogens is 1. The number of unbranched alkanes of at least 4 members (excludes halogenated alkanes) is 31. The minimum absolute atomic E-state index is 0.00227. The Morgan fingerprint density at radius 3 is 1.34 bits per heavy atom. The minimum atomic E-state index is -4.58. The second-order valence-electron chi connectivity index (χ2n) is 17.8. The number of nitrogens with zero attached hydrogens (tertiary/aromatic N) is 1. The third-order valence-corrected chi connectivity index (χ3v) is 12.0. The van der Waals surface area contributed by atoms with Crippen LogP contribution < -0.4 is 10.2 Å². The number of aliphatic hydroxyl groups is 1. The van der Waals surface area contributed by atoms with Gasteiger partial charge in [-0.1, -0.05) is 219 Å². The Labute approximate surface area is 348 Å². The summed E-state index contributed by atoms with van der Waals surface area (Å²) in [6.07, 6.45) is 45.4. The molecular formula is C47H95N2O6P. The fourth-order valence-electron chi connectivity index (χ4n) is 7.15. The number of phosphoric acid groups is 1. The number of aliphatic hydroxyl groups excluding tert-OH is 1. The van der Waals surface area contributed by atoms with Crippen molar-refractivity contribution in [3.8, 4) is 0 Å². The van der Waals surface area contributed by atoms with Gasteiger partial charge in [0.1, 0.15) is 13.2 Å². The van der Waals surface area contributed by atoms with E-state index in [0.29, 0.717) is 17.4 Å². The number of nitrogens with one attached hydrogen (secondary N) is 1. The number of amides is 1. The van der Waals surface area contributed by atoms with Gasteiger partial charge in [-0.05, 0) is 19.3 Å². The van der Waals surface area contributed by atoms with Gasteiger partial charge in [0.25, 0.3) is 7.82 Å². The lowest BCUT2D eigenvalue weighted by Crippen LogP contribution is -2.45. The van der Waals surface area contributed by atoms with Gasteiger partial charge in [0.2, 0.25) is 5.91 Å². The Morgan fingerprint density at radius 1 is 0.607 bits per heavy atom. The van der Waals surface area contributed by atoms with E-state index in [1.165, 1.54) is 173 Å². The van der Waals surface area contributed by atoms with Crippen LogP contribution in [0.25, 0.3) is 0 Å². The van der Waals surface area contributed by atoms with Crippen molar-refractivity contribution in [2.75, 3.05) is 40.9 Å². The van der Waals surface area contributed by atoms with Crippen molar-refractivity contribution in [1.82, 2.24) is 5.32 Å². The van der Waals surface area contributed by atoms with Crippen LogP contribution in [-0.4, -0.2) is 68.5 Å². The number of likely N-dealkylation sites (N-methyl/N-ethyl adjacent to an activating group) is 1. The third kappa shape index (κ3) is 41.4. The van der Waals surface area contributed by atoms with Crippen LogP contribution in [0.1, 0.15) is 232 Å². The van der Waals surface area contributed by atoms with Gasteiger partial charge in [0.05, 0.1) is 39.9 Å². The first-order valence-electron chi connectivity index (χ1n) is 24.1. The number of rotatable bonds is 44. The molecule has 0 aromatic carbocycles. The predicted molar refractivity (Wildman–Crippen MR) is 238 cm³/mol. The average molecular weight is 815 g/mol. The largest absolute Gasteiger partial charge is 0.756 e. The third-order valence-electron chi connectivity index (χ3n) is 11.0. The summed E-state index contributed by atoms with van der Waals surface area (Å²) in [5.41, 5.74) is 0. The Kier molecular flexibility index (Phi) is 39.1. The number of phosphoric ester groups is 1. The zero-order valence-corrected chi connectivity index (χ0v) is 38.7. The molecule has 0 heterocycles. The molecule has 56 heavy (non-hydrogen) atoms. The lowest BCUT2D eigenvalue weighted by atomic mass is 10.0. The second-order valence-corrected chi connectivity index (χ2v) is 19.2. The van der Waals surface area contributed by atoms with Gasteiger partial charge in [0, 0.05) is 6.42 Å². The van der Waals surface area contributed by atoms with Crippen molar-refractivity contribution in [3.63, 3.8) is 0 Å². The van der Waals surface area contributed by atoms with Crippen molar-refractivity contribution >= 4 is 13.7 Å². The quantitative estimate of drug-likeness (QED) is 0.0274. The van der Waals surface area contributed by atoms with Crippen molar-refractivity contribution in [3.05, 3.63) is 12.2 Å². The van der Waals surface area contributed by atoms with Crippen LogP contribution in [-0.2, 0) is 18.4 Å². The van der Waals surface area contributed by atoms with Crippen LogP contribution >= 0.6 is 7.82 Å². The zero-order valence-electron chi connectivity index (χ0n) is 37.9. The average Bonchev–Trinajstić information content (AvgIpc) is 3.15. The van der Waals surface area contributed by atoms with Crippen molar-refractivity contribution < 1.29 is 32.9 Å². The summed E-state index contributed by atoms with van der Waals surface area (Å²) in [5.74, 6) is -0.193. The molecule has 0 spiro atoms. The van der Waals surface area contributed by atoms with E-state index in [0.717, 1.165) is 38.5 Å². The zero-order chi connectivity index (χ0) is 41.4. The van der Waals surface area contributed by atoms with E-state index in [9.17, 15) is 19.4 Å². The molecule has 3 atom stereocenters. The summed E-state index contributed by atoms with van der Waals surface area (Å²) in [4.78, 5) is 25.3. The second kappa shape index (κ2) is 39.7. The first kappa shape index (κ1) is 55.2. The van der Waals surface area contributed by atoms with Gasteiger partial charge in [-0.15, -0.1) is 0 Å². The molecule has 0 aliphatic carbocycles. The van der Waals surface area contributed by atoms with Gasteiger partial charge in [-0.25, -0.2) is 0 Å². The van der Waals surface area contributed by atoms with E-state index < -0.39 is 20.0 Å². The van der Waals surface area contributed by atoms with Crippen LogP contribution in [0.3, 0.4) is 0 Å². The van der Waals surface area contributed by atoms with Gasteiger partial charge in [-0.3, -0.25) is 9.36 Å². The number of hydrogen-bond acceptors (Lipinski definition) is 6. The van der Waals surface area contributed by atoms with E-state index in [2.05, 4.69) is 19.2 Å². The molecule has 0 aliphatic heterocycles. The molecule has 0 aromatic heterocycles. The summed E-state index contributed by atoms with van der Waals surface area (Å²) in [6.45, 7) is 4.67. The van der Waals surface area contributed by atoms with E-state index in [4.69, 9.17) is 9.05 Å². The Morgan fingerprint density at radius 2 is 0.964 bits per heavy atom. The highest BCUT2D eigenvalue weighted by atomic mass is 31.2. The van der Waals surface area contributed by atoms with E-state index >= 15 is 0 Å². The maximum absolute atomic E-state index is 12.9. The lowest BCUT2D eigenvalue weighted by molar-refractivity contribution is -0.870. The molecule has 0 aliphatic rings. The molecule has 0 saturated carbocycles. The lowest BCUT2D eigenvalue weighted by Gasteiger charge is -2.29. The number of carbonyl (C=O) groups excluding carboxylic acids is 1. The number of carbonyl (C=O) groups is 1. The summed E-state index contributed by atoms with van der Waals surface area (Å²) in [7, 11) is 1.27. The predicted octanol–water partition coefficient (Wildman–Crippen LogP) is 12.9. The van der Waals surface area contributed by atoms with Crippen LogP contribution in [0.15, 0.2) is 12.2 Å². The summed E-state index contributed by atoms with van der Waals surface area (Å²) in [6, 6.07) is -0.880. The smallest absolute Gasteiger partial charge is 0.268 e. The SMILES string of the molecule is CCCCCCCCCCCCCCC/C=C/C(O)C(COP(=O)([O-])OCC[N+](C)(C)C)NC(=O)CCCCCCCCCCCCCCCCCCCCC. The molecular weight excluding hydrogens is 719 g/mol. The van der Waals surface area contributed by atoms with Crippen molar-refractivity contribution in [1.29, 1.82) is 0 Å². The van der Waals surface area contributed by atoms with Crippen LogP contribution in [0.2, 0.25) is 0 Å². The summed E-state index contributed by atoms with van der Waals surface area (Å²) >= 11 is 0. The molecule has 0 radical (unpaired) electrons. The molecule has 8 nitrogen and oxygen atoms in total. The topological polar surface area (TPSA) is 108 Å². The maximum Gasteiger partial charge on any atom is 0.268 e. The Hall–Kier alpha value is -0.760. The summed E-state index contributed by atoms with van der Waals surface area (Å²) in [5, 5.41) is 13.8. The highest BCUT2D eigenvalue weighted by molar-refractivity contribution is 7.45. The molecule has 0 rings (SSSR count). The fourth-order valence-corrected chi connectivity index (χ4v) is 7.88. The van der Waals surface area contributed by atoms with E-state index in [1.54, 1.807) is 6.08 Å². The molecule has 2 N–H and O–H groups in total. The van der Waals surface area contributed by atoms with Gasteiger partial charge in [0.15, 0.2) is 0 Å². The Bertz CT molecular complexity index is 927. The van der Waals surface area contributed by atoms with Crippen molar-refractivity contribution in [2.45, 2.75) is 244 Å². The van der Waals surface area contributed by atoms with Crippen LogP contribution in [0.5, 0.6) is 0 Å². The Balaban J connectivity index is 4.32. The first-order valence-corrected chi connectivity index (χ1v) is 25.5. The van der Waals surface area contributed by atoms with Gasteiger partial charge < -0.3 is 28.8 Å². The van der Waals surface area contributed by atoms with Crippen LogP contribution in [0, 0.1) is 0 Å². The van der Waals surface area contributed by atoms with Crippen molar-refractivity contribution in [2.24, 2.45) is 0 Å². The van der Waals surface area contributed by atoms with E-state index in [1.807, 2.05) is 27.2 Å². The molecule has 0 saturated heterocycles. The van der Waals surface area contributed by atoms with Gasteiger partial charge in [-0.2, -0.15) is 0 Å². The molecule has 0 fully saturated rings. The molecule has 0 bridgehead atoms.